The van der Waals surface area contributed by atoms with Crippen LogP contribution < -0.4 is 0 Å². The first kappa shape index (κ1) is 59.4. The highest BCUT2D eigenvalue weighted by atomic mass is 16.6. The molecule has 0 amide bonds. The van der Waals surface area contributed by atoms with E-state index in [1.807, 2.05) is 41.5 Å². The number of esters is 1. The molecule has 0 spiro atoms. The van der Waals surface area contributed by atoms with Crippen molar-refractivity contribution in [2.75, 3.05) is 20.3 Å². The summed E-state index contributed by atoms with van der Waals surface area (Å²) in [6, 6.07) is 32.5. The zero-order chi connectivity index (χ0) is 45.8. The van der Waals surface area contributed by atoms with Crippen LogP contribution in [0.1, 0.15) is 195 Å². The standard InChI is InChI=1S/C14H22.2C10H14.C9H18O3.C5H9N.C5H10O2/c1-5-11(3)13-7-9-14(10-8-13)12(4)6-2;2*1-3-9(2)10-7-5-4-6-8-10;1-5-9(2,3)8(10)12-7-6-11-4;1-3-5(2)4-6;1-3-4(2)5(6)7/h7-12H,5-6H2,1-4H3;2*4-9H,3H2,1-2H3;5-7H2,1-4H3;5H,3H2,1-2H3;4H,3H2,1-2H3,(H,6,7). The van der Waals surface area contributed by atoms with Gasteiger partial charge in [0, 0.05) is 13.0 Å². The minimum absolute atomic E-state index is 0.151. The molecule has 0 aliphatic carbocycles. The van der Waals surface area contributed by atoms with Crippen molar-refractivity contribution in [2.45, 2.75) is 172 Å². The molecule has 6 heteroatoms. The summed E-state index contributed by atoms with van der Waals surface area (Å²) < 4.78 is 9.74. The average molecular weight is 818 g/mol. The van der Waals surface area contributed by atoms with Crippen molar-refractivity contribution in [2.24, 2.45) is 17.3 Å². The number of aliphatic carboxylic acids is 1. The lowest BCUT2D eigenvalue weighted by Crippen LogP contribution is -2.26. The Balaban J connectivity index is -0.000000651. The van der Waals surface area contributed by atoms with Crippen LogP contribution in [0.5, 0.6) is 0 Å². The van der Waals surface area contributed by atoms with Crippen LogP contribution in [0.3, 0.4) is 0 Å². The molecule has 0 radical (unpaired) electrons. The second-order valence-corrected chi connectivity index (χ2v) is 16.2. The molecule has 0 aromatic heterocycles. The van der Waals surface area contributed by atoms with Crippen LogP contribution in [0.25, 0.3) is 0 Å². The monoisotopic (exact) mass is 818 g/mol. The fraction of sp³-hybridized carbons (Fsp3) is 0.604. The summed E-state index contributed by atoms with van der Waals surface area (Å²) >= 11 is 0. The Morgan fingerprint density at radius 3 is 1.12 bits per heavy atom. The minimum Gasteiger partial charge on any atom is -0.481 e. The van der Waals surface area contributed by atoms with Gasteiger partial charge in [-0.05, 0) is 112 Å². The van der Waals surface area contributed by atoms with Crippen molar-refractivity contribution >= 4 is 11.9 Å². The van der Waals surface area contributed by atoms with E-state index in [1.165, 1.54) is 47.9 Å². The van der Waals surface area contributed by atoms with E-state index in [2.05, 4.69) is 146 Å². The van der Waals surface area contributed by atoms with E-state index in [0.717, 1.165) is 19.3 Å². The number of hydrogen-bond acceptors (Lipinski definition) is 5. The number of methoxy groups -OCH3 is 1. The molecule has 3 aromatic carbocycles. The smallest absolute Gasteiger partial charge is 0.311 e. The van der Waals surface area contributed by atoms with Crippen molar-refractivity contribution in [3.63, 3.8) is 0 Å². The van der Waals surface area contributed by atoms with Gasteiger partial charge in [-0.2, -0.15) is 5.26 Å². The van der Waals surface area contributed by atoms with Crippen LogP contribution in [0, 0.1) is 28.6 Å². The van der Waals surface area contributed by atoms with Crippen molar-refractivity contribution in [3.05, 3.63) is 107 Å². The van der Waals surface area contributed by atoms with Gasteiger partial charge in [-0.3, -0.25) is 9.59 Å². The molecule has 6 nitrogen and oxygen atoms in total. The number of carbonyl (C=O) groups excluding carboxylic acids is 1. The summed E-state index contributed by atoms with van der Waals surface area (Å²) in [7, 11) is 1.58. The van der Waals surface area contributed by atoms with Crippen molar-refractivity contribution in [1.29, 1.82) is 5.26 Å². The van der Waals surface area contributed by atoms with E-state index in [0.29, 0.717) is 36.9 Å². The lowest BCUT2D eigenvalue weighted by Gasteiger charge is -2.19. The molecular weight excluding hydrogens is 731 g/mol. The molecule has 3 rings (SSSR count). The fourth-order valence-electron chi connectivity index (χ4n) is 4.48. The number of carboxylic acids is 1. The summed E-state index contributed by atoms with van der Waals surface area (Å²) in [6.45, 7) is 32.0. The van der Waals surface area contributed by atoms with Crippen LogP contribution in [0.2, 0.25) is 0 Å². The van der Waals surface area contributed by atoms with E-state index < -0.39 is 5.97 Å². The van der Waals surface area contributed by atoms with E-state index in [4.69, 9.17) is 19.8 Å². The molecule has 0 aliphatic rings. The third-order valence-corrected chi connectivity index (χ3v) is 11.1. The van der Waals surface area contributed by atoms with Gasteiger partial charge in [0.05, 0.1) is 24.0 Å². The molecule has 0 bridgehead atoms. The summed E-state index contributed by atoms with van der Waals surface area (Å²) in [5, 5.41) is 16.3. The molecule has 0 aliphatic heterocycles. The molecule has 0 fully saturated rings. The topological polar surface area (TPSA) is 96.6 Å². The van der Waals surface area contributed by atoms with Crippen LogP contribution in [-0.2, 0) is 19.1 Å². The molecule has 3 aromatic rings. The van der Waals surface area contributed by atoms with E-state index >= 15 is 0 Å². The second-order valence-electron chi connectivity index (χ2n) is 16.2. The first-order valence-electron chi connectivity index (χ1n) is 22.4. The maximum Gasteiger partial charge on any atom is 0.311 e. The van der Waals surface area contributed by atoms with Gasteiger partial charge < -0.3 is 14.6 Å². The largest absolute Gasteiger partial charge is 0.481 e. The first-order chi connectivity index (χ1) is 27.9. The predicted octanol–water partition coefficient (Wildman–Crippen LogP) is 15.4. The van der Waals surface area contributed by atoms with Crippen LogP contribution in [0.15, 0.2) is 84.9 Å². The predicted molar refractivity (Wildman–Crippen MR) is 253 cm³/mol. The van der Waals surface area contributed by atoms with Gasteiger partial charge in [0.1, 0.15) is 6.61 Å². The molecule has 0 saturated carbocycles. The summed E-state index contributed by atoms with van der Waals surface area (Å²) in [4.78, 5) is 21.2. The SMILES string of the molecule is CCC(C)(C)C(=O)OCCOC.CCC(C)C#N.CCC(C)C(=O)O.CCC(C)c1ccc(C(C)CC)cc1.CCC(C)c1ccccc1.CCC(C)c1ccccc1. The van der Waals surface area contributed by atoms with Gasteiger partial charge in [0.25, 0.3) is 0 Å². The number of nitrogens with zero attached hydrogens (tertiary/aromatic N) is 1. The first-order valence-corrected chi connectivity index (χ1v) is 22.4. The minimum atomic E-state index is -0.706. The van der Waals surface area contributed by atoms with Gasteiger partial charge in [-0.15, -0.1) is 0 Å². The van der Waals surface area contributed by atoms with E-state index in [9.17, 15) is 9.59 Å². The quantitative estimate of drug-likeness (QED) is 0.114. The number of benzene rings is 3. The van der Waals surface area contributed by atoms with Gasteiger partial charge >= 0.3 is 11.9 Å². The zero-order valence-corrected chi connectivity index (χ0v) is 40.4. The Kier molecular flexibility index (Phi) is 37.3. The third kappa shape index (κ3) is 29.8. The second kappa shape index (κ2) is 37.1. The van der Waals surface area contributed by atoms with Crippen molar-refractivity contribution in [1.82, 2.24) is 0 Å². The highest BCUT2D eigenvalue weighted by molar-refractivity contribution is 5.75. The lowest BCUT2D eigenvalue weighted by molar-refractivity contribution is -0.155. The molecule has 59 heavy (non-hydrogen) atoms. The van der Waals surface area contributed by atoms with Crippen LogP contribution >= 0.6 is 0 Å². The number of rotatable bonds is 16. The van der Waals surface area contributed by atoms with E-state index in [1.54, 1.807) is 14.0 Å². The highest BCUT2D eigenvalue weighted by Crippen LogP contribution is 2.24. The van der Waals surface area contributed by atoms with Crippen LogP contribution in [-0.4, -0.2) is 37.4 Å². The Morgan fingerprint density at radius 2 is 0.915 bits per heavy atom. The van der Waals surface area contributed by atoms with Crippen LogP contribution in [0.4, 0.5) is 0 Å². The lowest BCUT2D eigenvalue weighted by atomic mass is 9.91. The number of nitriles is 1. The Hall–Kier alpha value is -3.95. The summed E-state index contributed by atoms with van der Waals surface area (Å²) in [5.41, 5.74) is 5.47. The van der Waals surface area contributed by atoms with Gasteiger partial charge in [0.2, 0.25) is 0 Å². The van der Waals surface area contributed by atoms with Gasteiger partial charge in [-0.25, -0.2) is 0 Å². The maximum atomic E-state index is 11.3. The van der Waals surface area contributed by atoms with Gasteiger partial charge in [-0.1, -0.05) is 168 Å². The van der Waals surface area contributed by atoms with Crippen molar-refractivity contribution < 1.29 is 24.2 Å². The molecule has 1 N–H and O–H groups in total. The highest BCUT2D eigenvalue weighted by Gasteiger charge is 2.26. The summed E-state index contributed by atoms with van der Waals surface area (Å²) in [6.07, 6.45) is 7.38. The third-order valence-electron chi connectivity index (χ3n) is 11.1. The number of hydrogen-bond donors (Lipinski definition) is 1. The van der Waals surface area contributed by atoms with Crippen molar-refractivity contribution in [3.8, 4) is 6.07 Å². The maximum absolute atomic E-state index is 11.3. The molecular formula is C53H87NO5. The molecule has 0 heterocycles. The zero-order valence-electron chi connectivity index (χ0n) is 40.4. The molecule has 6 atom stereocenters. The normalized spacial score (nSPS) is 13.2. The molecule has 6 unspecified atom stereocenters. The Bertz CT molecular complexity index is 1370. The van der Waals surface area contributed by atoms with E-state index in [-0.39, 0.29) is 23.2 Å². The average Bonchev–Trinajstić information content (AvgIpc) is 3.28. The Labute approximate surface area is 363 Å². The number of carboxylic acid groups (broad SMARTS) is 1. The molecule has 0 saturated heterocycles. The Morgan fingerprint density at radius 1 is 0.576 bits per heavy atom. The number of carbonyl (C=O) groups is 2. The number of ether oxygens (including phenoxy) is 2. The fourth-order valence-corrected chi connectivity index (χ4v) is 4.48. The summed E-state index contributed by atoms with van der Waals surface area (Å²) in [5.74, 6) is 2.01. The van der Waals surface area contributed by atoms with Gasteiger partial charge in [0.15, 0.2) is 0 Å². The molecule has 334 valence electrons.